The minimum absolute atomic E-state index is 0.184. The van der Waals surface area contributed by atoms with Gasteiger partial charge in [-0.1, -0.05) is 34.1 Å². The molecule has 0 fully saturated rings. The molecule has 0 saturated heterocycles. The lowest BCUT2D eigenvalue weighted by atomic mass is 10.0. The Morgan fingerprint density at radius 3 is 1.67 bits per heavy atom. The summed E-state index contributed by atoms with van der Waals surface area (Å²) in [6.07, 6.45) is -15.8. The average molecular weight is 518 g/mol. The minimum Gasteiger partial charge on any atom is -0.251 e. The van der Waals surface area contributed by atoms with Crippen molar-refractivity contribution < 1.29 is 48.3 Å². The maximum absolute atomic E-state index is 14.5. The molecule has 6 atom stereocenters. The third-order valence-electron chi connectivity index (χ3n) is 5.09. The molecule has 0 radical (unpaired) electrons. The van der Waals surface area contributed by atoms with Gasteiger partial charge in [-0.15, -0.1) is 0 Å². The first kappa shape index (κ1) is 29.9. The van der Waals surface area contributed by atoms with Crippen molar-refractivity contribution in [1.29, 1.82) is 0 Å². The van der Waals surface area contributed by atoms with E-state index in [0.717, 1.165) is 6.42 Å². The van der Waals surface area contributed by atoms with Crippen LogP contribution in [0.5, 0.6) is 0 Å². The van der Waals surface area contributed by atoms with Crippen LogP contribution in [0.1, 0.15) is 45.4 Å². The van der Waals surface area contributed by atoms with Crippen LogP contribution in [0, 0.1) is 29.1 Å². The largest absolute Gasteiger partial charge is 0.251 e. The molecule has 6 unspecified atom stereocenters. The van der Waals surface area contributed by atoms with Crippen molar-refractivity contribution >= 4 is 13.2 Å². The Morgan fingerprint density at radius 1 is 0.636 bits per heavy atom. The summed E-state index contributed by atoms with van der Waals surface area (Å²) in [7, 11) is -2.54. The first-order chi connectivity index (χ1) is 15.5. The third-order valence-corrected chi connectivity index (χ3v) is 7.76. The SMILES string of the molecule is CCCCCCP(CC(F)C(F)C(F)C(F)C(F)CCCF)c1c(F)c(F)c(F)c(F)c1F. The Morgan fingerprint density at radius 2 is 1.15 bits per heavy atom. The standard InChI is InChI=1S/C21H26F11P/c1-2-3-4-5-9-33(21-19(31)17(29)16(28)18(30)20(21)32)10-12(24)14(26)15(27)13(25)11(23)7-6-8-22/h11-15H,2-10H2,1H3. The third kappa shape index (κ3) is 7.96. The number of benzene rings is 1. The normalized spacial score (nSPS) is 17.5. The number of rotatable bonds is 15. The van der Waals surface area contributed by atoms with Gasteiger partial charge in [-0.25, -0.2) is 43.9 Å². The maximum atomic E-state index is 14.5. The van der Waals surface area contributed by atoms with E-state index < -0.39 is 98.8 Å². The van der Waals surface area contributed by atoms with Gasteiger partial charge >= 0.3 is 0 Å². The van der Waals surface area contributed by atoms with Gasteiger partial charge in [0.25, 0.3) is 0 Å². The summed E-state index contributed by atoms with van der Waals surface area (Å²) in [4.78, 5) is 0. The number of alkyl halides is 6. The monoisotopic (exact) mass is 518 g/mol. The van der Waals surface area contributed by atoms with E-state index in [9.17, 15) is 48.3 Å². The summed E-state index contributed by atoms with van der Waals surface area (Å²) in [5.41, 5.74) is 0. The zero-order chi connectivity index (χ0) is 25.3. The zero-order valence-corrected chi connectivity index (χ0v) is 18.7. The van der Waals surface area contributed by atoms with Gasteiger partial charge in [0.15, 0.2) is 41.8 Å². The van der Waals surface area contributed by atoms with E-state index in [0.29, 0.717) is 12.8 Å². The van der Waals surface area contributed by atoms with E-state index in [2.05, 4.69) is 0 Å². The zero-order valence-electron chi connectivity index (χ0n) is 17.9. The second kappa shape index (κ2) is 14.3. The molecule has 0 saturated carbocycles. The van der Waals surface area contributed by atoms with Gasteiger partial charge in [-0.05, 0) is 25.4 Å². The van der Waals surface area contributed by atoms with Gasteiger partial charge in [0.05, 0.1) is 12.0 Å². The summed E-state index contributed by atoms with van der Waals surface area (Å²) in [6, 6.07) is 0. The van der Waals surface area contributed by atoms with Crippen LogP contribution in [0.15, 0.2) is 0 Å². The molecule has 0 aliphatic heterocycles. The van der Waals surface area contributed by atoms with Crippen LogP contribution in [0.4, 0.5) is 48.3 Å². The fourth-order valence-electron chi connectivity index (χ4n) is 3.21. The Bertz CT molecular complexity index is 704. The molecule has 0 aromatic heterocycles. The number of hydrogen-bond acceptors (Lipinski definition) is 0. The van der Waals surface area contributed by atoms with Gasteiger partial charge in [-0.3, -0.25) is 4.39 Å². The predicted molar refractivity (Wildman–Crippen MR) is 106 cm³/mol. The molecule has 0 aliphatic rings. The Hall–Kier alpha value is -1.12. The van der Waals surface area contributed by atoms with E-state index in [-0.39, 0.29) is 12.6 Å². The fourth-order valence-corrected chi connectivity index (χ4v) is 5.78. The lowest BCUT2D eigenvalue weighted by molar-refractivity contribution is 0.00363. The maximum Gasteiger partial charge on any atom is 0.200 e. The van der Waals surface area contributed by atoms with Crippen LogP contribution in [0.3, 0.4) is 0 Å². The molecule has 12 heteroatoms. The highest BCUT2D eigenvalue weighted by Crippen LogP contribution is 2.42. The average Bonchev–Trinajstić information content (AvgIpc) is 2.80. The molecule has 0 aliphatic carbocycles. The summed E-state index contributed by atoms with van der Waals surface area (Å²) in [6.45, 7) is 0.803. The highest BCUT2D eigenvalue weighted by atomic mass is 31.1. The van der Waals surface area contributed by atoms with Crippen LogP contribution < -0.4 is 5.30 Å². The smallest absolute Gasteiger partial charge is 0.200 e. The second-order valence-electron chi connectivity index (χ2n) is 7.62. The Kier molecular flexibility index (Phi) is 13.0. The van der Waals surface area contributed by atoms with Gasteiger partial charge < -0.3 is 0 Å². The lowest BCUT2D eigenvalue weighted by Gasteiger charge is -2.26. The molecule has 0 spiro atoms. The van der Waals surface area contributed by atoms with Gasteiger partial charge in [-0.2, -0.15) is 0 Å². The Labute approximate surface area is 186 Å². The van der Waals surface area contributed by atoms with Crippen molar-refractivity contribution in [2.45, 2.75) is 76.3 Å². The highest BCUT2D eigenvalue weighted by molar-refractivity contribution is 7.65. The summed E-state index contributed by atoms with van der Waals surface area (Å²) >= 11 is 0. The van der Waals surface area contributed by atoms with Crippen molar-refractivity contribution in [3.8, 4) is 0 Å². The van der Waals surface area contributed by atoms with Crippen molar-refractivity contribution in [1.82, 2.24) is 0 Å². The summed E-state index contributed by atoms with van der Waals surface area (Å²) in [5.74, 6) is -11.3. The molecular formula is C21H26F11P. The van der Waals surface area contributed by atoms with Crippen molar-refractivity contribution in [3.05, 3.63) is 29.1 Å². The van der Waals surface area contributed by atoms with Crippen LogP contribution >= 0.6 is 7.92 Å². The molecule has 0 nitrogen and oxygen atoms in total. The van der Waals surface area contributed by atoms with E-state index in [1.807, 2.05) is 6.92 Å². The van der Waals surface area contributed by atoms with E-state index >= 15 is 0 Å². The summed E-state index contributed by atoms with van der Waals surface area (Å²) < 4.78 is 151. The molecule has 0 heterocycles. The fraction of sp³-hybridized carbons (Fsp3) is 0.714. The lowest BCUT2D eigenvalue weighted by Crippen LogP contribution is -2.41. The van der Waals surface area contributed by atoms with Gasteiger partial charge in [0.2, 0.25) is 5.82 Å². The van der Waals surface area contributed by atoms with Crippen molar-refractivity contribution in [3.63, 3.8) is 0 Å². The van der Waals surface area contributed by atoms with Gasteiger partial charge in [0, 0.05) is 6.16 Å². The molecular weight excluding hydrogens is 492 g/mol. The molecule has 33 heavy (non-hydrogen) atoms. The quantitative estimate of drug-likeness (QED) is 0.0741. The first-order valence-corrected chi connectivity index (χ1v) is 12.2. The molecule has 0 N–H and O–H groups in total. The van der Waals surface area contributed by atoms with Crippen LogP contribution in [-0.2, 0) is 0 Å². The van der Waals surface area contributed by atoms with Crippen molar-refractivity contribution in [2.24, 2.45) is 0 Å². The molecule has 1 rings (SSSR count). The van der Waals surface area contributed by atoms with Crippen LogP contribution in [-0.4, -0.2) is 49.9 Å². The summed E-state index contributed by atoms with van der Waals surface area (Å²) in [5, 5.41) is -1.30. The molecule has 192 valence electrons. The minimum atomic E-state index is -3.30. The predicted octanol–water partition coefficient (Wildman–Crippen LogP) is 7.51. The number of hydrogen-bond donors (Lipinski definition) is 0. The topological polar surface area (TPSA) is 0 Å². The van der Waals surface area contributed by atoms with Crippen molar-refractivity contribution in [2.75, 3.05) is 19.0 Å². The van der Waals surface area contributed by atoms with E-state index in [4.69, 9.17) is 0 Å². The first-order valence-electron chi connectivity index (χ1n) is 10.5. The Balaban J connectivity index is 3.12. The molecule has 1 aromatic rings. The highest BCUT2D eigenvalue weighted by Gasteiger charge is 2.42. The molecule has 1 aromatic carbocycles. The van der Waals surface area contributed by atoms with Crippen LogP contribution in [0.25, 0.3) is 0 Å². The molecule has 0 amide bonds. The van der Waals surface area contributed by atoms with E-state index in [1.54, 1.807) is 0 Å². The van der Waals surface area contributed by atoms with E-state index in [1.165, 1.54) is 0 Å². The van der Waals surface area contributed by atoms with Crippen LogP contribution in [0.2, 0.25) is 0 Å². The second-order valence-corrected chi connectivity index (χ2v) is 9.96. The number of halogens is 11. The number of unbranched alkanes of at least 4 members (excludes halogenated alkanes) is 3. The molecule has 0 bridgehead atoms. The van der Waals surface area contributed by atoms with Gasteiger partial charge in [0.1, 0.15) is 12.3 Å².